The summed E-state index contributed by atoms with van der Waals surface area (Å²) in [6, 6.07) is 3.95. The lowest BCUT2D eigenvalue weighted by molar-refractivity contribution is -0.320. The minimum atomic E-state index is -1.35. The molecule has 10 heteroatoms. The Bertz CT molecular complexity index is 651. The van der Waals surface area contributed by atoms with Crippen molar-refractivity contribution in [2.45, 2.75) is 103 Å². The van der Waals surface area contributed by atoms with Crippen LogP contribution in [0.1, 0.15) is 81.1 Å². The number of nitrogens with zero attached hydrogens (tertiary/aromatic N) is 4. The molecule has 0 N–H and O–H groups in total. The average molecular weight is 424 g/mol. The Balaban J connectivity index is 4.85. The summed E-state index contributed by atoms with van der Waals surface area (Å²) < 4.78 is 0. The minimum absolute atomic E-state index is 0.0162. The van der Waals surface area contributed by atoms with Crippen LogP contribution >= 0.6 is 0 Å². The molecule has 0 saturated carbocycles. The summed E-state index contributed by atoms with van der Waals surface area (Å²) in [4.78, 5) is 42.8. The number of azo groups is 1. The van der Waals surface area contributed by atoms with Gasteiger partial charge in [-0.3, -0.25) is 9.78 Å². The van der Waals surface area contributed by atoms with Crippen molar-refractivity contribution in [3.8, 4) is 12.1 Å². The van der Waals surface area contributed by atoms with Crippen LogP contribution in [-0.4, -0.2) is 34.2 Å². The molecule has 0 aromatic carbocycles. The van der Waals surface area contributed by atoms with E-state index in [0.29, 0.717) is 0 Å². The number of nitriles is 2. The lowest BCUT2D eigenvalue weighted by atomic mass is 9.97. The lowest BCUT2D eigenvalue weighted by Crippen LogP contribution is -2.27. The zero-order valence-corrected chi connectivity index (χ0v) is 19.1. The van der Waals surface area contributed by atoms with Crippen molar-refractivity contribution in [3.05, 3.63) is 0 Å². The van der Waals surface area contributed by atoms with E-state index in [0.717, 1.165) is 0 Å². The van der Waals surface area contributed by atoms with E-state index in [4.69, 9.17) is 9.78 Å². The lowest BCUT2D eigenvalue weighted by Gasteiger charge is -2.20. The summed E-state index contributed by atoms with van der Waals surface area (Å²) in [6.45, 7) is 13.3. The van der Waals surface area contributed by atoms with Crippen molar-refractivity contribution >= 4 is 11.9 Å². The van der Waals surface area contributed by atoms with Gasteiger partial charge in [-0.1, -0.05) is 0 Å². The van der Waals surface area contributed by atoms with Crippen LogP contribution in [0.25, 0.3) is 0 Å². The second-order valence-corrected chi connectivity index (χ2v) is 9.27. The molecule has 0 bridgehead atoms. The van der Waals surface area contributed by atoms with Crippen LogP contribution in [-0.2, 0) is 29.1 Å². The average Bonchev–Trinajstić information content (AvgIpc) is 2.65. The first-order valence-electron chi connectivity index (χ1n) is 9.57. The van der Waals surface area contributed by atoms with Gasteiger partial charge in [0.15, 0.2) is 11.1 Å². The Hall–Kier alpha value is -2.56. The van der Waals surface area contributed by atoms with Crippen molar-refractivity contribution in [2.75, 3.05) is 0 Å². The maximum absolute atomic E-state index is 11.8. The fourth-order valence-corrected chi connectivity index (χ4v) is 1.59. The highest BCUT2D eigenvalue weighted by atomic mass is 17.2. The van der Waals surface area contributed by atoms with Crippen molar-refractivity contribution in [3.63, 3.8) is 0 Å². The fraction of sp³-hybridized carbons (Fsp3) is 0.800. The molecule has 0 radical (unpaired) electrons. The molecule has 0 heterocycles. The zero-order chi connectivity index (χ0) is 23.6. The van der Waals surface area contributed by atoms with Gasteiger partial charge < -0.3 is 0 Å². The highest BCUT2D eigenvalue weighted by molar-refractivity contribution is 5.69. The van der Waals surface area contributed by atoms with Gasteiger partial charge in [-0.2, -0.15) is 30.5 Å². The van der Waals surface area contributed by atoms with Gasteiger partial charge in [-0.05, 0) is 68.2 Å². The van der Waals surface area contributed by atoms with E-state index in [9.17, 15) is 20.1 Å². The van der Waals surface area contributed by atoms with E-state index in [1.54, 1.807) is 41.5 Å². The second-order valence-electron chi connectivity index (χ2n) is 9.27. The predicted octanol–water partition coefficient (Wildman–Crippen LogP) is 4.11. The van der Waals surface area contributed by atoms with Crippen LogP contribution in [0.5, 0.6) is 0 Å². The first kappa shape index (κ1) is 27.4. The number of carbonyl (C=O) groups excluding carboxylic acids is 2. The highest BCUT2D eigenvalue weighted by Crippen LogP contribution is 2.24. The molecule has 0 spiro atoms. The molecule has 0 aromatic heterocycles. The van der Waals surface area contributed by atoms with Gasteiger partial charge in [-0.15, -0.1) is 0 Å². The largest absolute Gasteiger partial charge is 0.342 e. The molecular formula is C20H32N4O6. The summed E-state index contributed by atoms with van der Waals surface area (Å²) in [5, 5.41) is 26.8. The van der Waals surface area contributed by atoms with E-state index in [2.05, 4.69) is 20.0 Å². The SMILES string of the molecule is CC(C#N)(CCC(=O)OOC(C)(C)C)/N=N/C(C)(C#N)CCC(=O)OOC(C)(C)C. The van der Waals surface area contributed by atoms with E-state index in [-0.39, 0.29) is 25.7 Å². The highest BCUT2D eigenvalue weighted by Gasteiger charge is 2.30. The first-order chi connectivity index (χ1) is 13.5. The molecule has 0 amide bonds. The Morgan fingerprint density at radius 1 is 0.700 bits per heavy atom. The van der Waals surface area contributed by atoms with Gasteiger partial charge in [-0.25, -0.2) is 9.59 Å². The van der Waals surface area contributed by atoms with Crippen molar-refractivity contribution in [1.29, 1.82) is 10.5 Å². The van der Waals surface area contributed by atoms with E-state index >= 15 is 0 Å². The number of hydrogen-bond donors (Lipinski definition) is 0. The molecule has 2 unspecified atom stereocenters. The Kier molecular flexibility index (Phi) is 10.1. The summed E-state index contributed by atoms with van der Waals surface area (Å²) in [5.74, 6) is -1.29. The summed E-state index contributed by atoms with van der Waals surface area (Å²) in [7, 11) is 0. The third-order valence-electron chi connectivity index (χ3n) is 3.37. The first-order valence-corrected chi connectivity index (χ1v) is 9.57. The van der Waals surface area contributed by atoms with Crippen LogP contribution in [0.4, 0.5) is 0 Å². The molecule has 0 aliphatic rings. The van der Waals surface area contributed by atoms with Gasteiger partial charge in [0.25, 0.3) is 0 Å². The maximum Gasteiger partial charge on any atom is 0.342 e. The summed E-state index contributed by atoms with van der Waals surface area (Å²) >= 11 is 0. The molecular weight excluding hydrogens is 392 g/mol. The molecule has 10 nitrogen and oxygen atoms in total. The van der Waals surface area contributed by atoms with Gasteiger partial charge in [0, 0.05) is 0 Å². The van der Waals surface area contributed by atoms with Crippen LogP contribution in [0.3, 0.4) is 0 Å². The van der Waals surface area contributed by atoms with Crippen LogP contribution in [0.2, 0.25) is 0 Å². The molecule has 0 saturated heterocycles. The maximum atomic E-state index is 11.8. The summed E-state index contributed by atoms with van der Waals surface area (Å²) in [6.07, 6.45) is -0.220. The van der Waals surface area contributed by atoms with E-state index < -0.39 is 34.2 Å². The Morgan fingerprint density at radius 2 is 1.00 bits per heavy atom. The molecule has 30 heavy (non-hydrogen) atoms. The van der Waals surface area contributed by atoms with E-state index in [1.807, 2.05) is 12.1 Å². The van der Waals surface area contributed by atoms with E-state index in [1.165, 1.54) is 13.8 Å². The predicted molar refractivity (Wildman–Crippen MR) is 105 cm³/mol. The number of carbonyl (C=O) groups is 2. The molecule has 0 aromatic rings. The number of rotatable bonds is 10. The Labute approximate surface area is 178 Å². The molecule has 0 aliphatic carbocycles. The minimum Gasteiger partial charge on any atom is -0.298 e. The quantitative estimate of drug-likeness (QED) is 0.289. The normalized spacial score (nSPS) is 16.1. The second kappa shape index (κ2) is 11.0. The molecule has 0 fully saturated rings. The van der Waals surface area contributed by atoms with Gasteiger partial charge in [0.05, 0.1) is 25.0 Å². The zero-order valence-electron chi connectivity index (χ0n) is 19.1. The van der Waals surface area contributed by atoms with Crippen LogP contribution in [0.15, 0.2) is 10.2 Å². The molecule has 0 rings (SSSR count). The fourth-order valence-electron chi connectivity index (χ4n) is 1.59. The van der Waals surface area contributed by atoms with Crippen molar-refractivity contribution in [1.82, 2.24) is 0 Å². The Morgan fingerprint density at radius 3 is 1.23 bits per heavy atom. The molecule has 0 aliphatic heterocycles. The van der Waals surface area contributed by atoms with Gasteiger partial charge >= 0.3 is 11.9 Å². The topological polar surface area (TPSA) is 143 Å². The van der Waals surface area contributed by atoms with Gasteiger partial charge in [0.1, 0.15) is 11.2 Å². The monoisotopic (exact) mass is 424 g/mol. The standard InChI is InChI=1S/C20H32N4O6/c1-17(2,3)29-27-15(25)9-11-19(7,13-21)23-24-20(8,14-22)12-10-16(26)28-30-18(4,5)6/h9-12H2,1-8H3/b24-23+. The van der Waals surface area contributed by atoms with Crippen LogP contribution < -0.4 is 0 Å². The third-order valence-corrected chi connectivity index (χ3v) is 3.37. The summed E-state index contributed by atoms with van der Waals surface area (Å²) in [5.41, 5.74) is -4.01. The molecule has 168 valence electrons. The van der Waals surface area contributed by atoms with Gasteiger partial charge in [0.2, 0.25) is 0 Å². The third kappa shape index (κ3) is 12.8. The van der Waals surface area contributed by atoms with Crippen molar-refractivity contribution in [2.24, 2.45) is 10.2 Å². The van der Waals surface area contributed by atoms with Crippen molar-refractivity contribution < 1.29 is 29.1 Å². The number of hydrogen-bond acceptors (Lipinski definition) is 10. The molecule has 2 atom stereocenters. The van der Waals surface area contributed by atoms with Crippen LogP contribution in [0, 0.1) is 22.7 Å². The smallest absolute Gasteiger partial charge is 0.298 e.